The summed E-state index contributed by atoms with van der Waals surface area (Å²) in [5.74, 6) is -2.92. The van der Waals surface area contributed by atoms with E-state index in [1.807, 2.05) is 0 Å². The summed E-state index contributed by atoms with van der Waals surface area (Å²) in [6, 6.07) is 0.615. The second-order valence-corrected chi connectivity index (χ2v) is 7.99. The fourth-order valence-electron chi connectivity index (χ4n) is 2.63. The molecule has 0 aromatic rings. The molecule has 1 rings (SSSR count). The summed E-state index contributed by atoms with van der Waals surface area (Å²) < 4.78 is 37.5. The van der Waals surface area contributed by atoms with Crippen LogP contribution < -0.4 is 0 Å². The highest BCUT2D eigenvalue weighted by Crippen LogP contribution is 2.18. The van der Waals surface area contributed by atoms with Gasteiger partial charge in [-0.05, 0) is 54.0 Å². The van der Waals surface area contributed by atoms with Gasteiger partial charge < -0.3 is 14.4 Å². The lowest BCUT2D eigenvalue weighted by Gasteiger charge is -2.36. The predicted octanol–water partition coefficient (Wildman–Crippen LogP) is 3.26. The Bertz CT molecular complexity index is 338. The molecule has 0 bridgehead atoms. The predicted molar refractivity (Wildman–Crippen MR) is 93.9 cm³/mol. The van der Waals surface area contributed by atoms with Crippen molar-refractivity contribution in [1.29, 1.82) is 0 Å². The van der Waals surface area contributed by atoms with Crippen LogP contribution in [0.1, 0.15) is 47.5 Å². The van der Waals surface area contributed by atoms with E-state index in [4.69, 9.17) is 9.47 Å². The Morgan fingerprint density at radius 1 is 0.958 bits per heavy atom. The molecule has 144 valence electrons. The van der Waals surface area contributed by atoms with Crippen LogP contribution in [0.3, 0.4) is 0 Å². The third-order valence-electron chi connectivity index (χ3n) is 4.18. The molecule has 1 heterocycles. The number of rotatable bonds is 10. The number of nitrogens with zero attached hydrogens (tertiary/aromatic N) is 2. The lowest BCUT2D eigenvalue weighted by Crippen LogP contribution is -2.48. The van der Waals surface area contributed by atoms with Gasteiger partial charge in [-0.1, -0.05) is 0 Å². The van der Waals surface area contributed by atoms with Crippen molar-refractivity contribution in [1.82, 2.24) is 9.80 Å². The SMILES string of the molecule is CC(C)N1CCN(CCCCOCC(F)(F)COC(C)(C)C)CC1. The highest BCUT2D eigenvalue weighted by Gasteiger charge is 2.31. The van der Waals surface area contributed by atoms with Crippen LogP contribution in [0.15, 0.2) is 0 Å². The molecule has 24 heavy (non-hydrogen) atoms. The van der Waals surface area contributed by atoms with Crippen LogP contribution in [0.5, 0.6) is 0 Å². The van der Waals surface area contributed by atoms with Gasteiger partial charge in [0.25, 0.3) is 5.92 Å². The molecule has 1 saturated heterocycles. The summed E-state index contributed by atoms with van der Waals surface area (Å²) in [4.78, 5) is 4.94. The number of piperazine rings is 1. The Kier molecular flexibility index (Phi) is 9.06. The van der Waals surface area contributed by atoms with E-state index in [9.17, 15) is 8.78 Å². The minimum atomic E-state index is -2.92. The van der Waals surface area contributed by atoms with Gasteiger partial charge in [-0.25, -0.2) is 8.78 Å². The normalized spacial score (nSPS) is 18.5. The molecule has 0 radical (unpaired) electrons. The maximum Gasteiger partial charge on any atom is 0.293 e. The molecule has 0 spiro atoms. The van der Waals surface area contributed by atoms with Crippen molar-refractivity contribution in [3.63, 3.8) is 0 Å². The smallest absolute Gasteiger partial charge is 0.293 e. The summed E-state index contributed by atoms with van der Waals surface area (Å²) in [7, 11) is 0. The summed E-state index contributed by atoms with van der Waals surface area (Å²) in [6.07, 6.45) is 1.81. The monoisotopic (exact) mass is 350 g/mol. The van der Waals surface area contributed by atoms with Crippen molar-refractivity contribution in [3.8, 4) is 0 Å². The molecule has 4 nitrogen and oxygen atoms in total. The number of ether oxygens (including phenoxy) is 2. The average Bonchev–Trinajstić information content (AvgIpc) is 2.49. The van der Waals surface area contributed by atoms with Crippen LogP contribution in [0.25, 0.3) is 0 Å². The largest absolute Gasteiger partial charge is 0.375 e. The molecule has 0 saturated carbocycles. The average molecular weight is 350 g/mol. The minimum Gasteiger partial charge on any atom is -0.375 e. The Morgan fingerprint density at radius 2 is 1.58 bits per heavy atom. The Morgan fingerprint density at radius 3 is 2.12 bits per heavy atom. The molecule has 0 aliphatic carbocycles. The van der Waals surface area contributed by atoms with E-state index in [0.717, 1.165) is 45.6 Å². The van der Waals surface area contributed by atoms with E-state index < -0.39 is 24.7 Å². The van der Waals surface area contributed by atoms with E-state index in [-0.39, 0.29) is 0 Å². The molecule has 1 aliphatic heterocycles. The van der Waals surface area contributed by atoms with Crippen LogP contribution in [-0.4, -0.2) is 79.9 Å². The van der Waals surface area contributed by atoms with Crippen LogP contribution >= 0.6 is 0 Å². The number of halogens is 2. The van der Waals surface area contributed by atoms with E-state index in [1.165, 1.54) is 0 Å². The van der Waals surface area contributed by atoms with Gasteiger partial charge in [0, 0.05) is 38.8 Å². The van der Waals surface area contributed by atoms with Crippen LogP contribution in [-0.2, 0) is 9.47 Å². The maximum atomic E-state index is 13.6. The standard InChI is InChI=1S/C18H36F2N2O2/c1-16(2)22-11-9-21(10-12-22)8-6-7-13-23-14-18(19,20)15-24-17(3,4)5/h16H,6-15H2,1-5H3. The zero-order valence-electron chi connectivity index (χ0n) is 16.1. The first-order valence-corrected chi connectivity index (χ1v) is 9.15. The second-order valence-electron chi connectivity index (χ2n) is 7.99. The highest BCUT2D eigenvalue weighted by molar-refractivity contribution is 4.74. The number of alkyl halides is 2. The number of hydrogen-bond acceptors (Lipinski definition) is 4. The molecule has 0 amide bonds. The Hall–Kier alpha value is -0.300. The summed E-state index contributed by atoms with van der Waals surface area (Å²) in [6.45, 7) is 14.5. The quantitative estimate of drug-likeness (QED) is 0.565. The first kappa shape index (κ1) is 21.7. The molecule has 6 heteroatoms. The fraction of sp³-hybridized carbons (Fsp3) is 1.00. The van der Waals surface area contributed by atoms with Gasteiger partial charge in [-0.3, -0.25) is 4.90 Å². The molecule has 0 aromatic carbocycles. The van der Waals surface area contributed by atoms with Crippen molar-refractivity contribution < 1.29 is 18.3 Å². The summed E-state index contributed by atoms with van der Waals surface area (Å²) in [5, 5.41) is 0. The maximum absolute atomic E-state index is 13.6. The van der Waals surface area contributed by atoms with Gasteiger partial charge in [-0.15, -0.1) is 0 Å². The van der Waals surface area contributed by atoms with Crippen LogP contribution in [0, 0.1) is 0 Å². The van der Waals surface area contributed by atoms with E-state index in [0.29, 0.717) is 12.6 Å². The molecule has 1 aliphatic rings. The lowest BCUT2D eigenvalue weighted by molar-refractivity contribution is -0.152. The molecular weight excluding hydrogens is 314 g/mol. The first-order chi connectivity index (χ1) is 11.1. The van der Waals surface area contributed by atoms with E-state index in [2.05, 4.69) is 23.6 Å². The minimum absolute atomic E-state index is 0.386. The van der Waals surface area contributed by atoms with Gasteiger partial charge in [-0.2, -0.15) is 0 Å². The van der Waals surface area contributed by atoms with E-state index in [1.54, 1.807) is 20.8 Å². The van der Waals surface area contributed by atoms with Crippen molar-refractivity contribution in [3.05, 3.63) is 0 Å². The molecule has 1 fully saturated rings. The molecule has 0 N–H and O–H groups in total. The third kappa shape index (κ3) is 9.87. The second kappa shape index (κ2) is 10.00. The fourth-order valence-corrected chi connectivity index (χ4v) is 2.63. The molecule has 0 atom stereocenters. The van der Waals surface area contributed by atoms with Crippen molar-refractivity contribution in [2.75, 3.05) is 52.5 Å². The Labute approximate surface area is 146 Å². The molecular formula is C18H36F2N2O2. The third-order valence-corrected chi connectivity index (χ3v) is 4.18. The zero-order chi connectivity index (χ0) is 18.2. The van der Waals surface area contributed by atoms with Crippen molar-refractivity contribution in [2.45, 2.75) is 65.0 Å². The lowest BCUT2D eigenvalue weighted by atomic mass is 10.2. The highest BCUT2D eigenvalue weighted by atomic mass is 19.3. The molecule has 0 aromatic heterocycles. The van der Waals surface area contributed by atoms with Crippen molar-refractivity contribution >= 4 is 0 Å². The van der Waals surface area contributed by atoms with Crippen LogP contribution in [0.4, 0.5) is 8.78 Å². The van der Waals surface area contributed by atoms with Gasteiger partial charge in [0.05, 0.1) is 5.60 Å². The Balaban J connectivity index is 2.02. The van der Waals surface area contributed by atoms with Gasteiger partial charge >= 0.3 is 0 Å². The topological polar surface area (TPSA) is 24.9 Å². The van der Waals surface area contributed by atoms with E-state index >= 15 is 0 Å². The zero-order valence-corrected chi connectivity index (χ0v) is 16.1. The van der Waals surface area contributed by atoms with Crippen molar-refractivity contribution in [2.24, 2.45) is 0 Å². The number of hydrogen-bond donors (Lipinski definition) is 0. The summed E-state index contributed by atoms with van der Waals surface area (Å²) in [5.41, 5.74) is -0.553. The van der Waals surface area contributed by atoms with Gasteiger partial charge in [0.15, 0.2) is 0 Å². The van der Waals surface area contributed by atoms with Gasteiger partial charge in [0.2, 0.25) is 0 Å². The van der Waals surface area contributed by atoms with Gasteiger partial charge in [0.1, 0.15) is 13.2 Å². The first-order valence-electron chi connectivity index (χ1n) is 9.15. The summed E-state index contributed by atoms with van der Waals surface area (Å²) >= 11 is 0. The molecule has 0 unspecified atom stereocenters. The number of unbranched alkanes of at least 4 members (excludes halogenated alkanes) is 1. The van der Waals surface area contributed by atoms with Crippen LogP contribution in [0.2, 0.25) is 0 Å².